The molecule has 0 bridgehead atoms. The van der Waals surface area contributed by atoms with Gasteiger partial charge in [-0.3, -0.25) is 9.59 Å². The largest absolute Gasteiger partial charge is 0.497 e. The standard InChI is InChI=1S/C26H26N2O6/c1-32-21-8-6-7-17(13-21)14-24(29)27-16-18-11-19(26(31)34-3)15-20(12-18)28-25(30)22-9-4-5-10-23(22)33-2/h4-13,15H,14,16H2,1-3H3,(H,27,29)(H,28,30). The maximum Gasteiger partial charge on any atom is 0.337 e. The van der Waals surface area contributed by atoms with E-state index in [1.165, 1.54) is 20.3 Å². The van der Waals surface area contributed by atoms with Gasteiger partial charge in [0.25, 0.3) is 5.91 Å². The summed E-state index contributed by atoms with van der Waals surface area (Å²) in [4.78, 5) is 37.4. The van der Waals surface area contributed by atoms with Crippen LogP contribution in [-0.4, -0.2) is 39.1 Å². The van der Waals surface area contributed by atoms with Crippen molar-refractivity contribution in [2.24, 2.45) is 0 Å². The third-order valence-corrected chi connectivity index (χ3v) is 5.01. The number of rotatable bonds is 9. The first kappa shape index (κ1) is 24.3. The average Bonchev–Trinajstić information content (AvgIpc) is 2.86. The van der Waals surface area contributed by atoms with Gasteiger partial charge in [0, 0.05) is 12.2 Å². The molecule has 34 heavy (non-hydrogen) atoms. The Morgan fingerprint density at radius 3 is 2.35 bits per heavy atom. The molecule has 0 aliphatic heterocycles. The molecule has 0 saturated carbocycles. The third kappa shape index (κ3) is 6.35. The average molecular weight is 463 g/mol. The highest BCUT2D eigenvalue weighted by Gasteiger charge is 2.15. The number of esters is 1. The summed E-state index contributed by atoms with van der Waals surface area (Å²) in [6, 6.07) is 18.9. The molecule has 0 heterocycles. The van der Waals surface area contributed by atoms with Gasteiger partial charge >= 0.3 is 5.97 Å². The SMILES string of the molecule is COC(=O)c1cc(CNC(=O)Cc2cccc(OC)c2)cc(NC(=O)c2ccccc2OC)c1. The van der Waals surface area contributed by atoms with E-state index in [1.54, 1.807) is 55.6 Å². The molecule has 2 amide bonds. The predicted molar refractivity (Wildman–Crippen MR) is 127 cm³/mol. The summed E-state index contributed by atoms with van der Waals surface area (Å²) in [5, 5.41) is 5.61. The van der Waals surface area contributed by atoms with Crippen molar-refractivity contribution in [1.82, 2.24) is 5.32 Å². The second-order valence-electron chi connectivity index (χ2n) is 7.37. The molecule has 2 N–H and O–H groups in total. The number of amides is 2. The van der Waals surface area contributed by atoms with Crippen LogP contribution in [-0.2, 0) is 22.5 Å². The van der Waals surface area contributed by atoms with Crippen LogP contribution in [0.5, 0.6) is 11.5 Å². The van der Waals surface area contributed by atoms with Crippen LogP contribution in [0.2, 0.25) is 0 Å². The Labute approximate surface area is 197 Å². The molecule has 0 saturated heterocycles. The minimum Gasteiger partial charge on any atom is -0.497 e. The van der Waals surface area contributed by atoms with E-state index in [9.17, 15) is 14.4 Å². The van der Waals surface area contributed by atoms with Gasteiger partial charge in [-0.2, -0.15) is 0 Å². The Balaban J connectivity index is 1.75. The Hall–Kier alpha value is -4.33. The molecule has 3 aromatic carbocycles. The number of anilines is 1. The molecule has 0 aliphatic carbocycles. The highest BCUT2D eigenvalue weighted by Crippen LogP contribution is 2.21. The Morgan fingerprint density at radius 1 is 0.824 bits per heavy atom. The van der Waals surface area contributed by atoms with Gasteiger partial charge in [-0.05, 0) is 53.6 Å². The number of nitrogens with one attached hydrogen (secondary N) is 2. The summed E-state index contributed by atoms with van der Waals surface area (Å²) in [5.41, 5.74) is 2.41. The van der Waals surface area contributed by atoms with Crippen LogP contribution in [0.25, 0.3) is 0 Å². The number of carbonyl (C=O) groups excluding carboxylic acids is 3. The Morgan fingerprint density at radius 2 is 1.62 bits per heavy atom. The van der Waals surface area contributed by atoms with Crippen molar-refractivity contribution < 1.29 is 28.6 Å². The van der Waals surface area contributed by atoms with Gasteiger partial charge in [0.1, 0.15) is 11.5 Å². The molecule has 0 radical (unpaired) electrons. The first-order valence-electron chi connectivity index (χ1n) is 10.5. The van der Waals surface area contributed by atoms with Gasteiger partial charge in [0.2, 0.25) is 5.91 Å². The summed E-state index contributed by atoms with van der Waals surface area (Å²) in [6.07, 6.45) is 0.172. The van der Waals surface area contributed by atoms with E-state index in [0.29, 0.717) is 28.3 Å². The molecule has 0 spiro atoms. The summed E-state index contributed by atoms with van der Waals surface area (Å²) < 4.78 is 15.3. The van der Waals surface area contributed by atoms with Crippen LogP contribution in [0.1, 0.15) is 31.8 Å². The molecule has 0 fully saturated rings. The van der Waals surface area contributed by atoms with Gasteiger partial charge in [-0.25, -0.2) is 4.79 Å². The molecular weight excluding hydrogens is 436 g/mol. The predicted octanol–water partition coefficient (Wildman–Crippen LogP) is 3.60. The summed E-state index contributed by atoms with van der Waals surface area (Å²) >= 11 is 0. The lowest BCUT2D eigenvalue weighted by molar-refractivity contribution is -0.120. The number of methoxy groups -OCH3 is 3. The monoisotopic (exact) mass is 462 g/mol. The lowest BCUT2D eigenvalue weighted by atomic mass is 10.1. The molecule has 0 atom stereocenters. The van der Waals surface area contributed by atoms with E-state index in [-0.39, 0.29) is 24.4 Å². The molecule has 8 heteroatoms. The van der Waals surface area contributed by atoms with Crippen molar-refractivity contribution in [2.75, 3.05) is 26.6 Å². The number of carbonyl (C=O) groups is 3. The maximum atomic E-state index is 12.8. The van der Waals surface area contributed by atoms with Crippen LogP contribution in [0, 0.1) is 0 Å². The summed E-state index contributed by atoms with van der Waals surface area (Å²) in [6.45, 7) is 0.158. The fourth-order valence-electron chi connectivity index (χ4n) is 3.36. The van der Waals surface area contributed by atoms with Crippen LogP contribution in [0.3, 0.4) is 0 Å². The smallest absolute Gasteiger partial charge is 0.337 e. The number of para-hydroxylation sites is 1. The van der Waals surface area contributed by atoms with Crippen LogP contribution >= 0.6 is 0 Å². The van der Waals surface area contributed by atoms with Gasteiger partial charge in [0.15, 0.2) is 0 Å². The number of hydrogen-bond acceptors (Lipinski definition) is 6. The third-order valence-electron chi connectivity index (χ3n) is 5.01. The zero-order valence-corrected chi connectivity index (χ0v) is 19.2. The first-order valence-corrected chi connectivity index (χ1v) is 10.5. The topological polar surface area (TPSA) is 103 Å². The Kier molecular flexibility index (Phi) is 8.23. The van der Waals surface area contributed by atoms with Crippen molar-refractivity contribution in [1.29, 1.82) is 0 Å². The lowest BCUT2D eigenvalue weighted by Gasteiger charge is -2.13. The van der Waals surface area contributed by atoms with E-state index < -0.39 is 11.9 Å². The van der Waals surface area contributed by atoms with E-state index in [2.05, 4.69) is 10.6 Å². The molecule has 0 unspecified atom stereocenters. The lowest BCUT2D eigenvalue weighted by Crippen LogP contribution is -2.25. The van der Waals surface area contributed by atoms with Gasteiger partial charge in [0.05, 0.1) is 38.9 Å². The van der Waals surface area contributed by atoms with Crippen molar-refractivity contribution in [3.05, 3.63) is 89.0 Å². The van der Waals surface area contributed by atoms with Crippen molar-refractivity contribution >= 4 is 23.5 Å². The van der Waals surface area contributed by atoms with Crippen molar-refractivity contribution in [3.63, 3.8) is 0 Å². The molecular formula is C26H26N2O6. The van der Waals surface area contributed by atoms with E-state index in [0.717, 1.165) is 5.56 Å². The van der Waals surface area contributed by atoms with Crippen molar-refractivity contribution in [2.45, 2.75) is 13.0 Å². The molecule has 8 nitrogen and oxygen atoms in total. The molecule has 0 aromatic heterocycles. The summed E-state index contributed by atoms with van der Waals surface area (Å²) in [5.74, 6) is -0.0539. The van der Waals surface area contributed by atoms with E-state index in [4.69, 9.17) is 14.2 Å². The van der Waals surface area contributed by atoms with Gasteiger partial charge < -0.3 is 24.8 Å². The molecule has 176 valence electrons. The number of ether oxygens (including phenoxy) is 3. The quantitative estimate of drug-likeness (QED) is 0.471. The number of benzene rings is 3. The minimum absolute atomic E-state index is 0.158. The van der Waals surface area contributed by atoms with Crippen LogP contribution in [0.15, 0.2) is 66.7 Å². The Bertz CT molecular complexity index is 1190. The molecule has 3 aromatic rings. The van der Waals surface area contributed by atoms with Crippen molar-refractivity contribution in [3.8, 4) is 11.5 Å². The van der Waals surface area contributed by atoms with Gasteiger partial charge in [-0.15, -0.1) is 0 Å². The highest BCUT2D eigenvalue weighted by molar-refractivity contribution is 6.06. The zero-order chi connectivity index (χ0) is 24.5. The minimum atomic E-state index is -0.558. The fourth-order valence-corrected chi connectivity index (χ4v) is 3.36. The fraction of sp³-hybridized carbons (Fsp3) is 0.192. The number of hydrogen-bond donors (Lipinski definition) is 2. The van der Waals surface area contributed by atoms with E-state index in [1.807, 2.05) is 12.1 Å². The van der Waals surface area contributed by atoms with Crippen LogP contribution < -0.4 is 20.1 Å². The maximum absolute atomic E-state index is 12.8. The van der Waals surface area contributed by atoms with Gasteiger partial charge in [-0.1, -0.05) is 24.3 Å². The summed E-state index contributed by atoms with van der Waals surface area (Å²) in [7, 11) is 4.33. The highest BCUT2D eigenvalue weighted by atomic mass is 16.5. The molecule has 3 rings (SSSR count). The molecule has 0 aliphatic rings. The first-order chi connectivity index (χ1) is 16.4. The van der Waals surface area contributed by atoms with Crippen LogP contribution in [0.4, 0.5) is 5.69 Å². The second-order valence-corrected chi connectivity index (χ2v) is 7.37. The van der Waals surface area contributed by atoms with E-state index >= 15 is 0 Å². The zero-order valence-electron chi connectivity index (χ0n) is 19.2. The second kappa shape index (κ2) is 11.5. The normalized spacial score (nSPS) is 10.2.